The number of carbonyl (C=O) groups is 1. The Morgan fingerprint density at radius 2 is 2.25 bits per heavy atom. The van der Waals surface area contributed by atoms with Gasteiger partial charge in [-0.3, -0.25) is 4.79 Å². The van der Waals surface area contributed by atoms with E-state index in [1.807, 2.05) is 6.92 Å². The number of hydrogen-bond donors (Lipinski definition) is 0. The van der Waals surface area contributed by atoms with E-state index in [4.69, 9.17) is 14.0 Å². The van der Waals surface area contributed by atoms with Gasteiger partial charge in [0.15, 0.2) is 0 Å². The molecule has 0 unspecified atom stereocenters. The lowest BCUT2D eigenvalue weighted by Crippen LogP contribution is -2.56. The molecular weight excluding hydrogens is 334 g/mol. The first-order chi connectivity index (χ1) is 11.5. The molecule has 0 bridgehead atoms. The van der Waals surface area contributed by atoms with Crippen LogP contribution < -0.4 is 4.74 Å². The molecule has 0 saturated carbocycles. The number of rotatable bonds is 3. The van der Waals surface area contributed by atoms with Gasteiger partial charge in [-0.2, -0.15) is 0 Å². The van der Waals surface area contributed by atoms with Crippen LogP contribution in [0, 0.1) is 0 Å². The Labute approximate surface area is 141 Å². The summed E-state index contributed by atoms with van der Waals surface area (Å²) in [6.45, 7) is 3.73. The zero-order chi connectivity index (χ0) is 17.2. The van der Waals surface area contributed by atoms with E-state index in [0.717, 1.165) is 0 Å². The molecule has 3 heterocycles. The van der Waals surface area contributed by atoms with Gasteiger partial charge < -0.3 is 18.9 Å². The third-order valence-corrected chi connectivity index (χ3v) is 6.96. The standard InChI is InChI=1S/C15H23N3O5S/c1-3-21-13-10-12(23-17-13)14(19)18-6-7-22-15(11-18)4-8-24(20,16-2)9-5-15/h10H,3-9,11H2,1-2H3. The second-order valence-electron chi connectivity index (χ2n) is 6.08. The highest BCUT2D eigenvalue weighted by atomic mass is 32.2. The normalized spacial score (nSPS) is 30.3. The van der Waals surface area contributed by atoms with Gasteiger partial charge in [-0.15, -0.1) is 0 Å². The fourth-order valence-corrected chi connectivity index (χ4v) is 5.10. The minimum atomic E-state index is -2.10. The average Bonchev–Trinajstić information content (AvgIpc) is 3.07. The highest BCUT2D eigenvalue weighted by Crippen LogP contribution is 2.32. The van der Waals surface area contributed by atoms with Crippen LogP contribution in [0.4, 0.5) is 0 Å². The van der Waals surface area contributed by atoms with Gasteiger partial charge in [-0.1, -0.05) is 0 Å². The molecule has 1 aromatic rings. The number of ether oxygens (including phenoxy) is 2. The summed E-state index contributed by atoms with van der Waals surface area (Å²) < 4.78 is 32.7. The van der Waals surface area contributed by atoms with Crippen LogP contribution in [0.15, 0.2) is 15.0 Å². The zero-order valence-corrected chi connectivity index (χ0v) is 14.8. The highest BCUT2D eigenvalue weighted by Gasteiger charge is 2.42. The van der Waals surface area contributed by atoms with Crippen LogP contribution in [-0.4, -0.2) is 70.6 Å². The summed E-state index contributed by atoms with van der Waals surface area (Å²) in [7, 11) is -0.491. The molecule has 2 saturated heterocycles. The van der Waals surface area contributed by atoms with Crippen molar-refractivity contribution in [1.29, 1.82) is 0 Å². The molecule has 1 amide bonds. The second-order valence-corrected chi connectivity index (χ2v) is 8.81. The lowest BCUT2D eigenvalue weighted by Gasteiger charge is -2.45. The van der Waals surface area contributed by atoms with E-state index in [-0.39, 0.29) is 11.7 Å². The number of hydrogen-bond acceptors (Lipinski definition) is 7. The molecule has 9 heteroatoms. The molecule has 24 heavy (non-hydrogen) atoms. The van der Waals surface area contributed by atoms with E-state index in [2.05, 4.69) is 9.52 Å². The lowest BCUT2D eigenvalue weighted by molar-refractivity contribution is -0.104. The molecule has 0 N–H and O–H groups in total. The predicted molar refractivity (Wildman–Crippen MR) is 87.7 cm³/mol. The van der Waals surface area contributed by atoms with Crippen LogP contribution in [0.25, 0.3) is 0 Å². The van der Waals surface area contributed by atoms with Crippen LogP contribution in [-0.2, 0) is 14.5 Å². The summed E-state index contributed by atoms with van der Waals surface area (Å²) in [5, 5.41) is 3.73. The smallest absolute Gasteiger partial charge is 0.292 e. The van der Waals surface area contributed by atoms with Crippen molar-refractivity contribution in [3.8, 4) is 5.88 Å². The van der Waals surface area contributed by atoms with Gasteiger partial charge in [-0.05, 0) is 24.9 Å². The number of nitrogens with zero attached hydrogens (tertiary/aromatic N) is 3. The van der Waals surface area contributed by atoms with Gasteiger partial charge in [-0.25, -0.2) is 8.57 Å². The molecule has 1 aromatic heterocycles. The maximum Gasteiger partial charge on any atom is 0.292 e. The van der Waals surface area contributed by atoms with Crippen LogP contribution in [0.1, 0.15) is 30.3 Å². The fraction of sp³-hybridized carbons (Fsp3) is 0.733. The minimum absolute atomic E-state index is 0.165. The van der Waals surface area contributed by atoms with E-state index in [1.165, 1.54) is 6.07 Å². The molecule has 0 aliphatic carbocycles. The van der Waals surface area contributed by atoms with Gasteiger partial charge in [0.2, 0.25) is 5.76 Å². The number of aromatic nitrogens is 1. The van der Waals surface area contributed by atoms with Crippen molar-refractivity contribution in [2.24, 2.45) is 4.36 Å². The average molecular weight is 357 g/mol. The summed E-state index contributed by atoms with van der Waals surface area (Å²) >= 11 is 0. The van der Waals surface area contributed by atoms with Gasteiger partial charge in [0.05, 0.1) is 31.4 Å². The lowest BCUT2D eigenvalue weighted by atomic mass is 9.94. The van der Waals surface area contributed by atoms with Gasteiger partial charge in [0, 0.05) is 34.8 Å². The minimum Gasteiger partial charge on any atom is -0.476 e. The predicted octanol–water partition coefficient (Wildman–Crippen LogP) is 1.18. The van der Waals surface area contributed by atoms with Crippen molar-refractivity contribution in [3.05, 3.63) is 11.8 Å². The summed E-state index contributed by atoms with van der Waals surface area (Å²) in [4.78, 5) is 14.4. The topological polar surface area (TPSA) is 94.2 Å². The Balaban J connectivity index is 1.69. The van der Waals surface area contributed by atoms with Crippen molar-refractivity contribution in [1.82, 2.24) is 10.1 Å². The first kappa shape index (κ1) is 17.2. The maximum absolute atomic E-state index is 12.6. The van der Waals surface area contributed by atoms with Crippen LogP contribution in [0.3, 0.4) is 0 Å². The van der Waals surface area contributed by atoms with Crippen LogP contribution in [0.2, 0.25) is 0 Å². The van der Waals surface area contributed by atoms with Gasteiger partial charge >= 0.3 is 0 Å². The highest BCUT2D eigenvalue weighted by molar-refractivity contribution is 7.93. The Morgan fingerprint density at radius 1 is 1.50 bits per heavy atom. The zero-order valence-electron chi connectivity index (χ0n) is 14.0. The maximum atomic E-state index is 12.6. The number of amides is 1. The van der Waals surface area contributed by atoms with Gasteiger partial charge in [0.25, 0.3) is 11.8 Å². The van der Waals surface area contributed by atoms with Crippen LogP contribution >= 0.6 is 0 Å². The van der Waals surface area contributed by atoms with E-state index >= 15 is 0 Å². The molecular formula is C15H23N3O5S. The molecule has 2 fully saturated rings. The summed E-state index contributed by atoms with van der Waals surface area (Å²) in [5.41, 5.74) is -0.428. The van der Waals surface area contributed by atoms with Crippen molar-refractivity contribution < 1.29 is 23.0 Å². The molecule has 3 rings (SSSR count). The molecule has 0 atom stereocenters. The second kappa shape index (κ2) is 6.72. The van der Waals surface area contributed by atoms with E-state index in [1.54, 1.807) is 11.9 Å². The monoisotopic (exact) mass is 357 g/mol. The Kier molecular flexibility index (Phi) is 4.82. The first-order valence-electron chi connectivity index (χ1n) is 8.13. The SMILES string of the molecule is CCOc1cc(C(=O)N2CCOC3(CCS(=O)(=NC)CC3)C2)on1. The molecule has 0 aromatic carbocycles. The largest absolute Gasteiger partial charge is 0.476 e. The molecule has 0 radical (unpaired) electrons. The molecule has 2 aliphatic heterocycles. The van der Waals surface area contributed by atoms with Crippen molar-refractivity contribution >= 4 is 15.6 Å². The molecule has 134 valence electrons. The summed E-state index contributed by atoms with van der Waals surface area (Å²) in [6.07, 6.45) is 1.29. The molecule has 1 spiro atoms. The fourth-order valence-electron chi connectivity index (χ4n) is 3.15. The van der Waals surface area contributed by atoms with Crippen molar-refractivity contribution in [3.63, 3.8) is 0 Å². The summed E-state index contributed by atoms with van der Waals surface area (Å²) in [5.74, 6) is 1.29. The van der Waals surface area contributed by atoms with E-state index < -0.39 is 15.3 Å². The number of carbonyl (C=O) groups excluding carboxylic acids is 1. The Morgan fingerprint density at radius 3 is 2.92 bits per heavy atom. The molecule has 2 aliphatic rings. The summed E-state index contributed by atoms with van der Waals surface area (Å²) in [6, 6.07) is 1.51. The van der Waals surface area contributed by atoms with E-state index in [0.29, 0.717) is 56.5 Å². The number of morpholine rings is 1. The van der Waals surface area contributed by atoms with Crippen molar-refractivity contribution in [2.75, 3.05) is 44.9 Å². The Bertz CT molecular complexity index is 708. The third-order valence-electron chi connectivity index (χ3n) is 4.61. The van der Waals surface area contributed by atoms with Crippen LogP contribution in [0.5, 0.6) is 5.88 Å². The third kappa shape index (κ3) is 3.41. The van der Waals surface area contributed by atoms with Gasteiger partial charge in [0.1, 0.15) is 0 Å². The van der Waals surface area contributed by atoms with E-state index in [9.17, 15) is 9.00 Å². The first-order valence-corrected chi connectivity index (χ1v) is 9.98. The van der Waals surface area contributed by atoms with Crippen molar-refractivity contribution in [2.45, 2.75) is 25.4 Å². The molecule has 8 nitrogen and oxygen atoms in total. The Hall–Kier alpha value is -1.61. The quantitative estimate of drug-likeness (QED) is 0.806.